The summed E-state index contributed by atoms with van der Waals surface area (Å²) in [7, 11) is 0. The van der Waals surface area contributed by atoms with Crippen molar-refractivity contribution < 1.29 is 9.90 Å². The molecule has 1 aromatic rings. The Morgan fingerprint density at radius 2 is 2.18 bits per heavy atom. The first-order valence-corrected chi connectivity index (χ1v) is 8.23. The van der Waals surface area contributed by atoms with Gasteiger partial charge in [-0.05, 0) is 49.4 Å². The zero-order valence-electron chi connectivity index (χ0n) is 13.9. The van der Waals surface area contributed by atoms with Crippen LogP contribution in [0.3, 0.4) is 0 Å². The monoisotopic (exact) mass is 304 g/mol. The van der Waals surface area contributed by atoms with Gasteiger partial charge in [0.2, 0.25) is 0 Å². The van der Waals surface area contributed by atoms with E-state index < -0.39 is 0 Å². The van der Waals surface area contributed by atoms with Crippen LogP contribution in [-0.2, 0) is 6.54 Å². The summed E-state index contributed by atoms with van der Waals surface area (Å²) >= 11 is 0. The van der Waals surface area contributed by atoms with Crippen molar-refractivity contribution in [3.63, 3.8) is 0 Å². The van der Waals surface area contributed by atoms with Crippen LogP contribution in [0.15, 0.2) is 24.3 Å². The van der Waals surface area contributed by atoms with Crippen molar-refractivity contribution in [1.82, 2.24) is 10.2 Å². The van der Waals surface area contributed by atoms with Crippen molar-refractivity contribution in [3.8, 4) is 0 Å². The van der Waals surface area contributed by atoms with Crippen molar-refractivity contribution in [2.24, 2.45) is 11.8 Å². The highest BCUT2D eigenvalue weighted by Crippen LogP contribution is 2.21. The van der Waals surface area contributed by atoms with Gasteiger partial charge in [0.05, 0.1) is 6.10 Å². The van der Waals surface area contributed by atoms with E-state index in [1.807, 2.05) is 25.1 Å². The van der Waals surface area contributed by atoms with E-state index in [0.717, 1.165) is 37.2 Å². The number of aliphatic hydroxyl groups is 1. The number of hydrogen-bond donors (Lipinski definition) is 2. The second-order valence-corrected chi connectivity index (χ2v) is 6.83. The maximum atomic E-state index is 12.1. The van der Waals surface area contributed by atoms with E-state index in [2.05, 4.69) is 30.1 Å². The standard InChI is InChI=1S/C18H28N2O2/c1-13(2)10-19-18(22)16-6-4-5-15(9-16)11-20-8-7-17(12-20)14(3)21/h4-6,9,13-14,17,21H,7-8,10-12H2,1-3H3,(H,19,22). The number of amides is 1. The Balaban J connectivity index is 1.93. The highest BCUT2D eigenvalue weighted by molar-refractivity contribution is 5.94. The minimum absolute atomic E-state index is 0.00108. The molecule has 0 aliphatic carbocycles. The van der Waals surface area contributed by atoms with Crippen molar-refractivity contribution in [2.75, 3.05) is 19.6 Å². The van der Waals surface area contributed by atoms with E-state index in [0.29, 0.717) is 18.4 Å². The van der Waals surface area contributed by atoms with Gasteiger partial charge in [-0.25, -0.2) is 0 Å². The lowest BCUT2D eigenvalue weighted by atomic mass is 10.0. The van der Waals surface area contributed by atoms with Gasteiger partial charge in [0.25, 0.3) is 5.91 Å². The molecule has 0 spiro atoms. The van der Waals surface area contributed by atoms with Gasteiger partial charge in [0.15, 0.2) is 0 Å². The lowest BCUT2D eigenvalue weighted by Crippen LogP contribution is -2.27. The summed E-state index contributed by atoms with van der Waals surface area (Å²) in [6.07, 6.45) is 0.810. The Hall–Kier alpha value is -1.39. The number of likely N-dealkylation sites (tertiary alicyclic amines) is 1. The predicted molar refractivity (Wildman–Crippen MR) is 88.7 cm³/mol. The van der Waals surface area contributed by atoms with Gasteiger partial charge in [-0.3, -0.25) is 9.69 Å². The number of carbonyl (C=O) groups excluding carboxylic acids is 1. The van der Waals surface area contributed by atoms with Gasteiger partial charge < -0.3 is 10.4 Å². The van der Waals surface area contributed by atoms with E-state index in [1.165, 1.54) is 0 Å². The zero-order chi connectivity index (χ0) is 16.1. The van der Waals surface area contributed by atoms with E-state index in [9.17, 15) is 9.90 Å². The van der Waals surface area contributed by atoms with Crippen molar-refractivity contribution in [3.05, 3.63) is 35.4 Å². The highest BCUT2D eigenvalue weighted by Gasteiger charge is 2.25. The number of hydrogen-bond acceptors (Lipinski definition) is 3. The number of nitrogens with one attached hydrogen (secondary N) is 1. The quantitative estimate of drug-likeness (QED) is 0.848. The Morgan fingerprint density at radius 1 is 1.41 bits per heavy atom. The molecule has 0 radical (unpaired) electrons. The maximum absolute atomic E-state index is 12.1. The Labute approximate surface area is 133 Å². The first-order valence-electron chi connectivity index (χ1n) is 8.23. The predicted octanol–water partition coefficient (Wildman–Crippen LogP) is 2.28. The van der Waals surface area contributed by atoms with E-state index in [1.54, 1.807) is 0 Å². The molecule has 0 saturated carbocycles. The first kappa shape index (κ1) is 17.0. The van der Waals surface area contributed by atoms with Crippen molar-refractivity contribution in [1.29, 1.82) is 0 Å². The van der Waals surface area contributed by atoms with E-state index >= 15 is 0 Å². The molecule has 1 aromatic carbocycles. The molecule has 0 bridgehead atoms. The van der Waals surface area contributed by atoms with Crippen LogP contribution in [0.4, 0.5) is 0 Å². The molecule has 4 heteroatoms. The van der Waals surface area contributed by atoms with Gasteiger partial charge >= 0.3 is 0 Å². The minimum Gasteiger partial charge on any atom is -0.393 e. The number of rotatable bonds is 6. The molecule has 1 aliphatic rings. The molecule has 2 unspecified atom stereocenters. The molecular weight excluding hydrogens is 276 g/mol. The zero-order valence-corrected chi connectivity index (χ0v) is 13.9. The van der Waals surface area contributed by atoms with Gasteiger partial charge in [0, 0.05) is 25.2 Å². The Bertz CT molecular complexity index is 500. The molecule has 22 heavy (non-hydrogen) atoms. The lowest BCUT2D eigenvalue weighted by molar-refractivity contribution is 0.0949. The molecular formula is C18H28N2O2. The van der Waals surface area contributed by atoms with Crippen LogP contribution in [0.5, 0.6) is 0 Å². The molecule has 4 nitrogen and oxygen atoms in total. The summed E-state index contributed by atoms with van der Waals surface area (Å²) in [4.78, 5) is 14.5. The summed E-state index contributed by atoms with van der Waals surface area (Å²) < 4.78 is 0. The fourth-order valence-corrected chi connectivity index (χ4v) is 2.87. The normalized spacial score (nSPS) is 20.3. The van der Waals surface area contributed by atoms with E-state index in [4.69, 9.17) is 0 Å². The fourth-order valence-electron chi connectivity index (χ4n) is 2.87. The molecule has 0 aromatic heterocycles. The van der Waals surface area contributed by atoms with Crippen LogP contribution >= 0.6 is 0 Å². The summed E-state index contributed by atoms with van der Waals surface area (Å²) in [5.74, 6) is 0.825. The molecule has 2 N–H and O–H groups in total. The van der Waals surface area contributed by atoms with Crippen molar-refractivity contribution >= 4 is 5.91 Å². The summed E-state index contributed by atoms with van der Waals surface area (Å²) in [6, 6.07) is 7.85. The van der Waals surface area contributed by atoms with Crippen LogP contribution in [0, 0.1) is 11.8 Å². The number of carbonyl (C=O) groups is 1. The van der Waals surface area contributed by atoms with Crippen LogP contribution in [-0.4, -0.2) is 41.7 Å². The van der Waals surface area contributed by atoms with E-state index in [-0.39, 0.29) is 12.0 Å². The SMILES string of the molecule is CC(C)CNC(=O)c1cccc(CN2CCC(C(C)O)C2)c1. The number of nitrogens with zero attached hydrogens (tertiary/aromatic N) is 1. The Morgan fingerprint density at radius 3 is 2.82 bits per heavy atom. The average Bonchev–Trinajstić information content (AvgIpc) is 2.93. The summed E-state index contributed by atoms with van der Waals surface area (Å²) in [5.41, 5.74) is 1.88. The molecule has 1 aliphatic heterocycles. The number of benzene rings is 1. The van der Waals surface area contributed by atoms with Crippen LogP contribution in [0.2, 0.25) is 0 Å². The molecule has 122 valence electrons. The largest absolute Gasteiger partial charge is 0.393 e. The number of aliphatic hydroxyl groups excluding tert-OH is 1. The Kier molecular flexibility index (Phi) is 5.98. The molecule has 2 atom stereocenters. The van der Waals surface area contributed by atoms with Crippen LogP contribution in [0.1, 0.15) is 43.1 Å². The van der Waals surface area contributed by atoms with Gasteiger partial charge in [-0.15, -0.1) is 0 Å². The molecule has 1 fully saturated rings. The second kappa shape index (κ2) is 7.75. The van der Waals surface area contributed by atoms with Crippen molar-refractivity contribution in [2.45, 2.75) is 39.8 Å². The fraction of sp³-hybridized carbons (Fsp3) is 0.611. The molecule has 1 heterocycles. The molecule has 1 saturated heterocycles. The smallest absolute Gasteiger partial charge is 0.251 e. The first-order chi connectivity index (χ1) is 10.5. The minimum atomic E-state index is -0.238. The molecule has 2 rings (SSSR count). The third-order valence-electron chi connectivity index (χ3n) is 4.26. The third kappa shape index (κ3) is 4.82. The van der Waals surface area contributed by atoms with Gasteiger partial charge in [-0.1, -0.05) is 26.0 Å². The van der Waals surface area contributed by atoms with Crippen LogP contribution in [0.25, 0.3) is 0 Å². The topological polar surface area (TPSA) is 52.6 Å². The third-order valence-corrected chi connectivity index (χ3v) is 4.26. The van der Waals surface area contributed by atoms with Gasteiger partial charge in [-0.2, -0.15) is 0 Å². The highest BCUT2D eigenvalue weighted by atomic mass is 16.3. The molecule has 1 amide bonds. The van der Waals surface area contributed by atoms with Gasteiger partial charge in [0.1, 0.15) is 0 Å². The summed E-state index contributed by atoms with van der Waals surface area (Å²) in [6.45, 7) is 9.53. The maximum Gasteiger partial charge on any atom is 0.251 e. The summed E-state index contributed by atoms with van der Waals surface area (Å²) in [5, 5.41) is 12.6. The average molecular weight is 304 g/mol. The second-order valence-electron chi connectivity index (χ2n) is 6.83. The van der Waals surface area contributed by atoms with Crippen LogP contribution < -0.4 is 5.32 Å². The lowest BCUT2D eigenvalue weighted by Gasteiger charge is -2.17.